The topological polar surface area (TPSA) is 110 Å². The second-order valence-electron chi connectivity index (χ2n) is 5.14. The van der Waals surface area contributed by atoms with Crippen molar-refractivity contribution in [1.29, 1.82) is 0 Å². The number of hydrogen-bond acceptors (Lipinski definition) is 5. The summed E-state index contributed by atoms with van der Waals surface area (Å²) in [5.41, 5.74) is 0.760. The molecule has 0 aliphatic carbocycles. The highest BCUT2D eigenvalue weighted by Gasteiger charge is 2.16. The van der Waals surface area contributed by atoms with Crippen molar-refractivity contribution in [2.24, 2.45) is 7.05 Å². The minimum Gasteiger partial charge on any atom is -0.408 e. The Morgan fingerprint density at radius 2 is 1.96 bits per heavy atom. The molecule has 0 fully saturated rings. The third-order valence-corrected chi connectivity index (χ3v) is 4.80. The molecule has 0 aliphatic rings. The molecule has 8 nitrogen and oxygen atoms in total. The standard InChI is InChI=1S/C14H19N3O5S/c1-10(18)15-7-3-4-8-16-23(20,21)11-5-6-12-13(9-11)22-14(19)17(12)2/h5-6,9,16H,3-4,7-8H2,1-2H3,(H,15,18). The summed E-state index contributed by atoms with van der Waals surface area (Å²) in [6, 6.07) is 4.29. The lowest BCUT2D eigenvalue weighted by Gasteiger charge is -2.07. The van der Waals surface area contributed by atoms with Gasteiger partial charge in [-0.2, -0.15) is 0 Å². The van der Waals surface area contributed by atoms with Crippen molar-refractivity contribution in [3.8, 4) is 0 Å². The van der Waals surface area contributed by atoms with Crippen molar-refractivity contribution >= 4 is 27.0 Å². The van der Waals surface area contributed by atoms with E-state index < -0.39 is 15.8 Å². The summed E-state index contributed by atoms with van der Waals surface area (Å²) in [4.78, 5) is 22.2. The Morgan fingerprint density at radius 3 is 2.65 bits per heavy atom. The first-order valence-electron chi connectivity index (χ1n) is 7.15. The zero-order chi connectivity index (χ0) is 17.0. The fraction of sp³-hybridized carbons (Fsp3) is 0.429. The minimum absolute atomic E-state index is 0.0428. The van der Waals surface area contributed by atoms with Gasteiger partial charge >= 0.3 is 5.76 Å². The van der Waals surface area contributed by atoms with Gasteiger partial charge in [0.2, 0.25) is 15.9 Å². The van der Waals surface area contributed by atoms with Gasteiger partial charge in [0.25, 0.3) is 0 Å². The molecule has 1 amide bonds. The summed E-state index contributed by atoms with van der Waals surface area (Å²) in [5.74, 6) is -0.649. The van der Waals surface area contributed by atoms with Crippen LogP contribution in [0.5, 0.6) is 0 Å². The molecular weight excluding hydrogens is 322 g/mol. The zero-order valence-electron chi connectivity index (χ0n) is 13.0. The molecule has 1 aromatic heterocycles. The smallest absolute Gasteiger partial charge is 0.408 e. The number of fused-ring (bicyclic) bond motifs is 1. The van der Waals surface area contributed by atoms with Crippen LogP contribution in [0.1, 0.15) is 19.8 Å². The number of amides is 1. The predicted molar refractivity (Wildman–Crippen MR) is 84.6 cm³/mol. The summed E-state index contributed by atoms with van der Waals surface area (Å²) in [7, 11) is -2.12. The van der Waals surface area contributed by atoms with E-state index in [1.54, 1.807) is 7.05 Å². The van der Waals surface area contributed by atoms with Crippen molar-refractivity contribution in [3.63, 3.8) is 0 Å². The third kappa shape index (κ3) is 4.20. The van der Waals surface area contributed by atoms with E-state index in [0.717, 1.165) is 0 Å². The first-order valence-corrected chi connectivity index (χ1v) is 8.63. The van der Waals surface area contributed by atoms with Crippen LogP contribution in [0.3, 0.4) is 0 Å². The summed E-state index contributed by atoms with van der Waals surface area (Å²) in [6.45, 7) is 2.21. The highest BCUT2D eigenvalue weighted by molar-refractivity contribution is 7.89. The molecule has 0 atom stereocenters. The fourth-order valence-electron chi connectivity index (χ4n) is 2.09. The zero-order valence-corrected chi connectivity index (χ0v) is 13.8. The molecule has 0 saturated carbocycles. The van der Waals surface area contributed by atoms with Gasteiger partial charge in [-0.15, -0.1) is 0 Å². The molecule has 9 heteroatoms. The minimum atomic E-state index is -3.67. The highest BCUT2D eigenvalue weighted by Crippen LogP contribution is 2.17. The number of nitrogens with one attached hydrogen (secondary N) is 2. The Labute approximate surface area is 133 Å². The number of aryl methyl sites for hydroxylation is 1. The first-order chi connectivity index (χ1) is 10.8. The second-order valence-corrected chi connectivity index (χ2v) is 6.91. The van der Waals surface area contributed by atoms with Crippen molar-refractivity contribution in [3.05, 3.63) is 28.7 Å². The van der Waals surface area contributed by atoms with E-state index in [-0.39, 0.29) is 22.9 Å². The Bertz CT molecular complexity index is 866. The van der Waals surface area contributed by atoms with Gasteiger partial charge in [0.05, 0.1) is 10.4 Å². The Hall–Kier alpha value is -2.13. The van der Waals surface area contributed by atoms with Crippen molar-refractivity contribution in [1.82, 2.24) is 14.6 Å². The lowest BCUT2D eigenvalue weighted by atomic mass is 10.3. The molecule has 1 aromatic carbocycles. The number of aromatic nitrogens is 1. The van der Waals surface area contributed by atoms with Crippen molar-refractivity contribution in [2.75, 3.05) is 13.1 Å². The molecule has 0 aliphatic heterocycles. The van der Waals surface area contributed by atoms with Crippen LogP contribution in [0.25, 0.3) is 11.1 Å². The van der Waals surface area contributed by atoms with Gasteiger partial charge in [-0.05, 0) is 25.0 Å². The van der Waals surface area contributed by atoms with Gasteiger partial charge in [-0.1, -0.05) is 0 Å². The number of benzene rings is 1. The molecule has 0 unspecified atom stereocenters. The average Bonchev–Trinajstić information content (AvgIpc) is 2.77. The van der Waals surface area contributed by atoms with Crippen LogP contribution in [0.4, 0.5) is 0 Å². The van der Waals surface area contributed by atoms with E-state index in [0.29, 0.717) is 24.9 Å². The number of nitrogens with zero attached hydrogens (tertiary/aromatic N) is 1. The molecule has 23 heavy (non-hydrogen) atoms. The lowest BCUT2D eigenvalue weighted by Crippen LogP contribution is -2.26. The Morgan fingerprint density at radius 1 is 1.26 bits per heavy atom. The molecule has 2 N–H and O–H groups in total. The van der Waals surface area contributed by atoms with E-state index in [1.807, 2.05) is 0 Å². The van der Waals surface area contributed by atoms with Crippen LogP contribution in [0.15, 0.2) is 32.3 Å². The molecule has 126 valence electrons. The number of hydrogen-bond donors (Lipinski definition) is 2. The van der Waals surface area contributed by atoms with Crippen LogP contribution in [-0.4, -0.2) is 32.0 Å². The van der Waals surface area contributed by atoms with Crippen molar-refractivity contribution in [2.45, 2.75) is 24.7 Å². The van der Waals surface area contributed by atoms with Gasteiger partial charge in [-0.3, -0.25) is 9.36 Å². The van der Waals surface area contributed by atoms with E-state index in [4.69, 9.17) is 4.42 Å². The van der Waals surface area contributed by atoms with Gasteiger partial charge in [0.15, 0.2) is 5.58 Å². The Kier molecular flexibility index (Phi) is 5.22. The maximum Gasteiger partial charge on any atom is 0.419 e. The van der Waals surface area contributed by atoms with E-state index in [2.05, 4.69) is 10.0 Å². The molecular formula is C14H19N3O5S. The third-order valence-electron chi connectivity index (χ3n) is 3.34. The SMILES string of the molecule is CC(=O)NCCCCNS(=O)(=O)c1ccc2c(c1)oc(=O)n2C. The van der Waals surface area contributed by atoms with Gasteiger partial charge in [-0.25, -0.2) is 17.9 Å². The molecule has 2 aromatic rings. The van der Waals surface area contributed by atoms with E-state index in [1.165, 1.54) is 29.7 Å². The number of carbonyl (C=O) groups is 1. The fourth-order valence-corrected chi connectivity index (χ4v) is 3.17. The lowest BCUT2D eigenvalue weighted by molar-refractivity contribution is -0.118. The van der Waals surface area contributed by atoms with Crippen molar-refractivity contribution < 1.29 is 17.6 Å². The van der Waals surface area contributed by atoms with Crippen LogP contribution < -0.4 is 15.8 Å². The average molecular weight is 341 g/mol. The van der Waals surface area contributed by atoms with Crippen LogP contribution in [0.2, 0.25) is 0 Å². The molecule has 0 bridgehead atoms. The maximum absolute atomic E-state index is 12.2. The number of carbonyl (C=O) groups excluding carboxylic acids is 1. The second kappa shape index (κ2) is 6.97. The van der Waals surface area contributed by atoms with Gasteiger partial charge in [0, 0.05) is 33.1 Å². The number of sulfonamides is 1. The van der Waals surface area contributed by atoms with E-state index >= 15 is 0 Å². The quantitative estimate of drug-likeness (QED) is 0.705. The monoisotopic (exact) mass is 341 g/mol. The summed E-state index contributed by atoms with van der Waals surface area (Å²) < 4.78 is 33.2. The number of unbranched alkanes of at least 4 members (excludes halogenated alkanes) is 1. The van der Waals surface area contributed by atoms with Gasteiger partial charge < -0.3 is 9.73 Å². The largest absolute Gasteiger partial charge is 0.419 e. The van der Waals surface area contributed by atoms with Gasteiger partial charge in [0.1, 0.15) is 0 Å². The molecule has 0 saturated heterocycles. The van der Waals surface area contributed by atoms with Crippen LogP contribution in [-0.2, 0) is 21.9 Å². The summed E-state index contributed by atoms with van der Waals surface area (Å²) in [5, 5.41) is 2.64. The normalized spacial score (nSPS) is 11.7. The highest BCUT2D eigenvalue weighted by atomic mass is 32.2. The number of oxazole rings is 1. The maximum atomic E-state index is 12.2. The molecule has 1 heterocycles. The predicted octanol–water partition coefficient (Wildman–Crippen LogP) is 0.326. The Balaban J connectivity index is 1.99. The first kappa shape index (κ1) is 17.2. The van der Waals surface area contributed by atoms with E-state index in [9.17, 15) is 18.0 Å². The molecule has 0 radical (unpaired) electrons. The van der Waals surface area contributed by atoms with Crippen LogP contribution in [0, 0.1) is 0 Å². The number of rotatable bonds is 7. The summed E-state index contributed by atoms with van der Waals surface area (Å²) >= 11 is 0. The summed E-state index contributed by atoms with van der Waals surface area (Å²) in [6.07, 6.45) is 1.27. The molecule has 0 spiro atoms. The molecule has 2 rings (SSSR count). The van der Waals surface area contributed by atoms with Crippen LogP contribution >= 0.6 is 0 Å².